The number of carbonyl (C=O) groups is 1. The number of aliphatic imine (C=N–C) groups is 1. The zero-order valence-corrected chi connectivity index (χ0v) is 17.2. The second kappa shape index (κ2) is 9.93. The fourth-order valence-corrected chi connectivity index (χ4v) is 3.21. The third-order valence-electron chi connectivity index (χ3n) is 4.52. The highest BCUT2D eigenvalue weighted by Gasteiger charge is 2.18. The lowest BCUT2D eigenvalue weighted by Gasteiger charge is -2.17. The van der Waals surface area contributed by atoms with Crippen LogP contribution in [0.5, 0.6) is 0 Å². The van der Waals surface area contributed by atoms with E-state index in [0.29, 0.717) is 12.5 Å². The van der Waals surface area contributed by atoms with Gasteiger partial charge in [0.05, 0.1) is 6.54 Å². The average Bonchev–Trinajstić information content (AvgIpc) is 3.27. The highest BCUT2D eigenvalue weighted by molar-refractivity contribution is 14.0. The number of rotatable bonds is 5. The molecule has 1 aromatic heterocycles. The lowest BCUT2D eigenvalue weighted by Crippen LogP contribution is -2.44. The monoisotopic (exact) mass is 461 g/mol. The van der Waals surface area contributed by atoms with Gasteiger partial charge in [-0.15, -0.1) is 34.2 Å². The molecule has 0 aromatic carbocycles. The zero-order valence-electron chi connectivity index (χ0n) is 14.8. The van der Waals surface area contributed by atoms with Crippen LogP contribution in [0.3, 0.4) is 0 Å². The van der Waals surface area contributed by atoms with Crippen LogP contribution in [0, 0.1) is 0 Å². The van der Waals surface area contributed by atoms with Crippen molar-refractivity contribution < 1.29 is 4.79 Å². The number of hydrogen-bond donors (Lipinski definition) is 2. The van der Waals surface area contributed by atoms with Crippen LogP contribution < -0.4 is 10.6 Å². The first-order valence-corrected chi connectivity index (χ1v) is 8.99. The molecule has 2 aliphatic rings. The number of amides is 1. The smallest absolute Gasteiger partial charge is 0.241 e. The van der Waals surface area contributed by atoms with Crippen LogP contribution in [0.2, 0.25) is 0 Å². The number of aromatic nitrogens is 3. The van der Waals surface area contributed by atoms with Gasteiger partial charge in [0.25, 0.3) is 0 Å². The van der Waals surface area contributed by atoms with E-state index in [4.69, 9.17) is 0 Å². The molecule has 25 heavy (non-hydrogen) atoms. The van der Waals surface area contributed by atoms with Gasteiger partial charge in [-0.2, -0.15) is 0 Å². The number of hydrogen-bond acceptors (Lipinski definition) is 4. The van der Waals surface area contributed by atoms with Gasteiger partial charge < -0.3 is 20.1 Å². The average molecular weight is 461 g/mol. The van der Waals surface area contributed by atoms with Gasteiger partial charge in [0, 0.05) is 32.6 Å². The van der Waals surface area contributed by atoms with Crippen molar-refractivity contribution in [2.75, 3.05) is 26.2 Å². The molecule has 8 nitrogen and oxygen atoms in total. The first-order valence-electron chi connectivity index (χ1n) is 8.99. The number of fused-ring (bicyclic) bond motifs is 1. The molecule has 9 heteroatoms. The fraction of sp³-hybridized carbons (Fsp3) is 0.750. The van der Waals surface area contributed by atoms with Crippen LogP contribution in [-0.2, 0) is 24.3 Å². The van der Waals surface area contributed by atoms with Crippen LogP contribution in [0.4, 0.5) is 0 Å². The van der Waals surface area contributed by atoms with E-state index in [0.717, 1.165) is 57.1 Å². The van der Waals surface area contributed by atoms with Crippen LogP contribution >= 0.6 is 24.0 Å². The first kappa shape index (κ1) is 19.9. The maximum absolute atomic E-state index is 12.1. The molecule has 1 fully saturated rings. The van der Waals surface area contributed by atoms with E-state index in [1.165, 1.54) is 12.8 Å². The summed E-state index contributed by atoms with van der Waals surface area (Å²) in [6.07, 6.45) is 5.57. The number of carbonyl (C=O) groups excluding carboxylic acids is 1. The van der Waals surface area contributed by atoms with E-state index in [9.17, 15) is 4.79 Å². The second-order valence-corrected chi connectivity index (χ2v) is 6.28. The number of nitrogens with one attached hydrogen (secondary N) is 2. The number of halogens is 1. The van der Waals surface area contributed by atoms with Crippen molar-refractivity contribution in [2.45, 2.75) is 52.1 Å². The minimum atomic E-state index is 0. The molecular formula is C16H28IN7O. The molecule has 3 heterocycles. The van der Waals surface area contributed by atoms with Gasteiger partial charge in [-0.3, -0.25) is 4.79 Å². The van der Waals surface area contributed by atoms with Crippen LogP contribution in [0.15, 0.2) is 4.99 Å². The van der Waals surface area contributed by atoms with Crippen LogP contribution in [0.1, 0.15) is 44.3 Å². The number of nitrogens with zero attached hydrogens (tertiary/aromatic N) is 5. The largest absolute Gasteiger partial charge is 0.357 e. The van der Waals surface area contributed by atoms with Crippen LogP contribution in [0.25, 0.3) is 0 Å². The zero-order chi connectivity index (χ0) is 16.8. The Morgan fingerprint density at radius 2 is 1.88 bits per heavy atom. The Balaban J connectivity index is 0.00000225. The summed E-state index contributed by atoms with van der Waals surface area (Å²) < 4.78 is 2.17. The molecule has 1 saturated heterocycles. The van der Waals surface area contributed by atoms with Crippen molar-refractivity contribution in [3.05, 3.63) is 11.6 Å². The predicted molar refractivity (Wildman–Crippen MR) is 107 cm³/mol. The van der Waals surface area contributed by atoms with Crippen molar-refractivity contribution in [3.8, 4) is 0 Å². The number of guanidine groups is 1. The van der Waals surface area contributed by atoms with Crippen molar-refractivity contribution in [2.24, 2.45) is 4.99 Å². The molecule has 1 aromatic rings. The molecule has 0 bridgehead atoms. The lowest BCUT2D eigenvalue weighted by molar-refractivity contribution is -0.128. The molecule has 2 N–H and O–H groups in total. The molecule has 0 spiro atoms. The van der Waals surface area contributed by atoms with E-state index in [2.05, 4.69) is 30.4 Å². The predicted octanol–water partition coefficient (Wildman–Crippen LogP) is 0.910. The molecular weight excluding hydrogens is 433 g/mol. The minimum Gasteiger partial charge on any atom is -0.357 e. The Labute approximate surface area is 165 Å². The summed E-state index contributed by atoms with van der Waals surface area (Å²) in [6, 6.07) is 0. The molecule has 3 rings (SSSR count). The Morgan fingerprint density at radius 3 is 2.64 bits per heavy atom. The Morgan fingerprint density at radius 1 is 1.12 bits per heavy atom. The summed E-state index contributed by atoms with van der Waals surface area (Å²) in [4.78, 5) is 18.6. The van der Waals surface area contributed by atoms with Gasteiger partial charge in [-0.05, 0) is 32.6 Å². The maximum atomic E-state index is 12.1. The van der Waals surface area contributed by atoms with E-state index in [1.807, 2.05) is 11.8 Å². The molecule has 2 aliphatic heterocycles. The molecule has 1 amide bonds. The third-order valence-corrected chi connectivity index (χ3v) is 4.52. The van der Waals surface area contributed by atoms with E-state index in [-0.39, 0.29) is 36.4 Å². The standard InChI is InChI=1S/C16H27N7O.HI/c1-2-17-16(19-12-15(24)22-8-5-6-9-22)18-11-14-21-20-13-7-3-4-10-23(13)14;/h2-12H2,1H3,(H2,17,18,19);1H. The molecule has 0 radical (unpaired) electrons. The van der Waals surface area contributed by atoms with Crippen molar-refractivity contribution in [1.29, 1.82) is 0 Å². The summed E-state index contributed by atoms with van der Waals surface area (Å²) in [5.41, 5.74) is 0. The van der Waals surface area contributed by atoms with Crippen LogP contribution in [-0.4, -0.2) is 57.7 Å². The summed E-state index contributed by atoms with van der Waals surface area (Å²) >= 11 is 0. The van der Waals surface area contributed by atoms with Gasteiger partial charge in [-0.1, -0.05) is 0 Å². The first-order chi connectivity index (χ1) is 11.8. The van der Waals surface area contributed by atoms with Crippen molar-refractivity contribution >= 4 is 35.8 Å². The number of likely N-dealkylation sites (tertiary alicyclic amines) is 1. The summed E-state index contributed by atoms with van der Waals surface area (Å²) in [5, 5.41) is 14.8. The Bertz CT molecular complexity index is 595. The minimum absolute atomic E-state index is 0. The second-order valence-electron chi connectivity index (χ2n) is 6.28. The summed E-state index contributed by atoms with van der Waals surface area (Å²) in [7, 11) is 0. The van der Waals surface area contributed by atoms with E-state index >= 15 is 0 Å². The van der Waals surface area contributed by atoms with E-state index < -0.39 is 0 Å². The molecule has 0 aliphatic carbocycles. The van der Waals surface area contributed by atoms with E-state index in [1.54, 1.807) is 0 Å². The van der Waals surface area contributed by atoms with Gasteiger partial charge in [-0.25, -0.2) is 4.99 Å². The summed E-state index contributed by atoms with van der Waals surface area (Å²) in [6.45, 7) is 6.24. The normalized spacial score (nSPS) is 17.0. The molecule has 0 unspecified atom stereocenters. The quantitative estimate of drug-likeness (QED) is 0.387. The third kappa shape index (κ3) is 5.29. The highest BCUT2D eigenvalue weighted by atomic mass is 127. The molecule has 140 valence electrons. The topological polar surface area (TPSA) is 87.4 Å². The molecule has 0 atom stereocenters. The summed E-state index contributed by atoms with van der Waals surface area (Å²) in [5.74, 6) is 2.75. The maximum Gasteiger partial charge on any atom is 0.241 e. The Hall–Kier alpha value is -1.39. The Kier molecular flexibility index (Phi) is 7.91. The van der Waals surface area contributed by atoms with Gasteiger partial charge >= 0.3 is 0 Å². The fourth-order valence-electron chi connectivity index (χ4n) is 3.21. The van der Waals surface area contributed by atoms with Gasteiger partial charge in [0.15, 0.2) is 11.8 Å². The van der Waals surface area contributed by atoms with Gasteiger partial charge in [0.2, 0.25) is 5.91 Å². The lowest BCUT2D eigenvalue weighted by atomic mass is 10.2. The SMILES string of the molecule is CCNC(=NCc1nnc2n1CCCC2)NCC(=O)N1CCCC1.I. The van der Waals surface area contributed by atoms with Crippen molar-refractivity contribution in [1.82, 2.24) is 30.3 Å². The number of aryl methyl sites for hydroxylation is 1. The van der Waals surface area contributed by atoms with Crippen molar-refractivity contribution in [3.63, 3.8) is 0 Å². The molecule has 0 saturated carbocycles. The highest BCUT2D eigenvalue weighted by Crippen LogP contribution is 2.14. The van der Waals surface area contributed by atoms with Gasteiger partial charge in [0.1, 0.15) is 12.4 Å².